The zero-order chi connectivity index (χ0) is 16.1. The van der Waals surface area contributed by atoms with Gasteiger partial charge >= 0.3 is 0 Å². The smallest absolute Gasteiger partial charge is 0.270 e. The highest BCUT2D eigenvalue weighted by Gasteiger charge is 2.11. The number of benzene rings is 1. The van der Waals surface area contributed by atoms with Gasteiger partial charge in [-0.3, -0.25) is 14.8 Å². The van der Waals surface area contributed by atoms with Gasteiger partial charge in [0.05, 0.1) is 16.2 Å². The minimum absolute atomic E-state index is 0.107. The van der Waals surface area contributed by atoms with E-state index in [9.17, 15) is 10.1 Å². The Morgan fingerprint density at radius 3 is 2.86 bits per heavy atom. The molecule has 114 valence electrons. The van der Waals surface area contributed by atoms with Crippen LogP contribution in [0.25, 0.3) is 0 Å². The van der Waals surface area contributed by atoms with Gasteiger partial charge in [0.25, 0.3) is 5.69 Å². The monoisotopic (exact) mass is 299 g/mol. The van der Waals surface area contributed by atoms with Crippen LogP contribution < -0.4 is 5.32 Å². The molecule has 0 atom stereocenters. The zero-order valence-corrected chi connectivity index (χ0v) is 12.5. The Labute approximate surface area is 128 Å². The second-order valence-electron chi connectivity index (χ2n) is 5.37. The summed E-state index contributed by atoms with van der Waals surface area (Å²) in [5.41, 5.74) is 0.609. The Balaban J connectivity index is 2.14. The summed E-state index contributed by atoms with van der Waals surface area (Å²) in [6.45, 7) is 5.13. The highest BCUT2D eigenvalue weighted by atomic mass is 16.6. The minimum Gasteiger partial charge on any atom is -0.338 e. The van der Waals surface area contributed by atoms with Crippen molar-refractivity contribution in [3.63, 3.8) is 0 Å². The van der Waals surface area contributed by atoms with E-state index >= 15 is 0 Å². The largest absolute Gasteiger partial charge is 0.338 e. The first-order chi connectivity index (χ1) is 10.5. The predicted octanol–water partition coefficient (Wildman–Crippen LogP) is 3.45. The summed E-state index contributed by atoms with van der Waals surface area (Å²) >= 11 is 0. The van der Waals surface area contributed by atoms with Crippen molar-refractivity contribution in [1.82, 2.24) is 9.78 Å². The molecule has 1 aromatic carbocycles. The number of nitrogens with one attached hydrogen (secondary N) is 1. The van der Waals surface area contributed by atoms with E-state index in [0.717, 1.165) is 13.0 Å². The summed E-state index contributed by atoms with van der Waals surface area (Å²) in [6.07, 6.45) is 2.89. The standard InChI is InChI=1S/C15H17N5O2/c1-11(2)5-7-19-8-6-15(18-19)17-14-4-3-13(20(21)22)9-12(14)10-16/h3-4,6,8-9,11H,5,7H2,1-2H3,(H,17,18). The lowest BCUT2D eigenvalue weighted by atomic mass is 10.1. The van der Waals surface area contributed by atoms with Gasteiger partial charge in [0.1, 0.15) is 6.07 Å². The van der Waals surface area contributed by atoms with E-state index in [4.69, 9.17) is 5.26 Å². The van der Waals surface area contributed by atoms with Gasteiger partial charge in [-0.05, 0) is 18.4 Å². The van der Waals surface area contributed by atoms with Gasteiger partial charge in [0.15, 0.2) is 5.82 Å². The number of hydrogen-bond donors (Lipinski definition) is 1. The van der Waals surface area contributed by atoms with Crippen LogP contribution in [-0.2, 0) is 6.54 Å². The number of nitrogens with zero attached hydrogens (tertiary/aromatic N) is 4. The topological polar surface area (TPSA) is 96.8 Å². The molecule has 22 heavy (non-hydrogen) atoms. The van der Waals surface area contributed by atoms with Crippen LogP contribution in [0.5, 0.6) is 0 Å². The summed E-state index contributed by atoms with van der Waals surface area (Å²) in [6, 6.07) is 7.89. The van der Waals surface area contributed by atoms with Gasteiger partial charge < -0.3 is 5.32 Å². The van der Waals surface area contributed by atoms with E-state index in [1.807, 2.05) is 23.0 Å². The molecule has 1 N–H and O–H groups in total. The number of non-ortho nitro benzene ring substituents is 1. The normalized spacial score (nSPS) is 10.5. The minimum atomic E-state index is -0.523. The first-order valence-electron chi connectivity index (χ1n) is 6.98. The van der Waals surface area contributed by atoms with Crippen molar-refractivity contribution in [1.29, 1.82) is 5.26 Å². The van der Waals surface area contributed by atoms with Crippen LogP contribution in [-0.4, -0.2) is 14.7 Å². The van der Waals surface area contributed by atoms with E-state index in [1.165, 1.54) is 18.2 Å². The maximum Gasteiger partial charge on any atom is 0.270 e. The fourth-order valence-corrected chi connectivity index (χ4v) is 1.93. The van der Waals surface area contributed by atoms with E-state index < -0.39 is 4.92 Å². The first-order valence-corrected chi connectivity index (χ1v) is 6.98. The maximum atomic E-state index is 10.7. The van der Waals surface area contributed by atoms with Gasteiger partial charge in [-0.25, -0.2) is 0 Å². The molecule has 2 aromatic rings. The SMILES string of the molecule is CC(C)CCn1ccc(Nc2ccc([N+](=O)[O-])cc2C#N)n1. The van der Waals surface area contributed by atoms with Gasteiger partial charge in [0.2, 0.25) is 0 Å². The van der Waals surface area contributed by atoms with Crippen LogP contribution in [0.4, 0.5) is 17.2 Å². The third kappa shape index (κ3) is 3.82. The predicted molar refractivity (Wildman–Crippen MR) is 82.8 cm³/mol. The molecule has 0 aliphatic carbocycles. The van der Waals surface area contributed by atoms with Gasteiger partial charge in [-0.2, -0.15) is 10.4 Å². The molecular weight excluding hydrogens is 282 g/mol. The van der Waals surface area contributed by atoms with Crippen LogP contribution in [0.1, 0.15) is 25.8 Å². The van der Waals surface area contributed by atoms with Crippen molar-refractivity contribution < 1.29 is 4.92 Å². The Hall–Kier alpha value is -2.88. The summed E-state index contributed by atoms with van der Waals surface area (Å²) in [5.74, 6) is 1.20. The number of aromatic nitrogens is 2. The summed E-state index contributed by atoms with van der Waals surface area (Å²) in [4.78, 5) is 10.2. The number of aryl methyl sites for hydroxylation is 1. The first kappa shape index (κ1) is 15.5. The molecule has 0 aliphatic heterocycles. The maximum absolute atomic E-state index is 10.7. The number of nitro benzene ring substituents is 1. The third-order valence-electron chi connectivity index (χ3n) is 3.17. The molecule has 1 aromatic heterocycles. The van der Waals surface area contributed by atoms with Crippen molar-refractivity contribution in [3.05, 3.63) is 46.1 Å². The van der Waals surface area contributed by atoms with Crippen LogP contribution in [0.2, 0.25) is 0 Å². The molecule has 7 heteroatoms. The Kier molecular flexibility index (Phi) is 4.73. The molecule has 1 heterocycles. The Morgan fingerprint density at radius 2 is 2.23 bits per heavy atom. The van der Waals surface area contributed by atoms with Gasteiger partial charge in [0, 0.05) is 30.9 Å². The number of hydrogen-bond acceptors (Lipinski definition) is 5. The molecule has 0 radical (unpaired) electrons. The van der Waals surface area contributed by atoms with Crippen LogP contribution in [0, 0.1) is 27.4 Å². The molecule has 0 fully saturated rings. The van der Waals surface area contributed by atoms with Crippen molar-refractivity contribution >= 4 is 17.2 Å². The third-order valence-corrected chi connectivity index (χ3v) is 3.17. The van der Waals surface area contributed by atoms with E-state index in [-0.39, 0.29) is 11.3 Å². The molecule has 0 unspecified atom stereocenters. The van der Waals surface area contributed by atoms with Crippen LogP contribution >= 0.6 is 0 Å². The van der Waals surface area contributed by atoms with Crippen LogP contribution in [0.3, 0.4) is 0 Å². The van der Waals surface area contributed by atoms with Gasteiger partial charge in [-0.15, -0.1) is 0 Å². The highest BCUT2D eigenvalue weighted by molar-refractivity contribution is 5.66. The summed E-state index contributed by atoms with van der Waals surface area (Å²) in [7, 11) is 0. The van der Waals surface area contributed by atoms with E-state index in [2.05, 4.69) is 24.3 Å². The number of nitriles is 1. The van der Waals surface area contributed by atoms with E-state index in [1.54, 1.807) is 0 Å². The Bertz CT molecular complexity index is 715. The Morgan fingerprint density at radius 1 is 1.45 bits per heavy atom. The second kappa shape index (κ2) is 6.72. The fraction of sp³-hybridized carbons (Fsp3) is 0.333. The molecule has 7 nitrogen and oxygen atoms in total. The van der Waals surface area contributed by atoms with Crippen molar-refractivity contribution in [3.8, 4) is 6.07 Å². The summed E-state index contributed by atoms with van der Waals surface area (Å²) in [5, 5.41) is 27.2. The number of nitro groups is 1. The quantitative estimate of drug-likeness (QED) is 0.650. The molecule has 0 bridgehead atoms. The van der Waals surface area contributed by atoms with Crippen molar-refractivity contribution in [2.75, 3.05) is 5.32 Å². The molecule has 0 saturated heterocycles. The lowest BCUT2D eigenvalue weighted by Crippen LogP contribution is -2.03. The average Bonchev–Trinajstić information content (AvgIpc) is 2.93. The molecule has 2 rings (SSSR count). The highest BCUT2D eigenvalue weighted by Crippen LogP contribution is 2.24. The van der Waals surface area contributed by atoms with Crippen molar-refractivity contribution in [2.24, 2.45) is 5.92 Å². The lowest BCUT2D eigenvalue weighted by Gasteiger charge is -2.06. The van der Waals surface area contributed by atoms with Crippen molar-refractivity contribution in [2.45, 2.75) is 26.8 Å². The molecule has 0 saturated carbocycles. The fourth-order valence-electron chi connectivity index (χ4n) is 1.93. The number of rotatable bonds is 6. The molecule has 0 amide bonds. The summed E-state index contributed by atoms with van der Waals surface area (Å²) < 4.78 is 1.83. The van der Waals surface area contributed by atoms with E-state index in [0.29, 0.717) is 17.4 Å². The molecule has 0 spiro atoms. The average molecular weight is 299 g/mol. The molecular formula is C15H17N5O2. The van der Waals surface area contributed by atoms with Crippen LogP contribution in [0.15, 0.2) is 30.5 Å². The van der Waals surface area contributed by atoms with Gasteiger partial charge in [-0.1, -0.05) is 13.8 Å². The zero-order valence-electron chi connectivity index (χ0n) is 12.5. The number of anilines is 2. The lowest BCUT2D eigenvalue weighted by molar-refractivity contribution is -0.384. The molecule has 0 aliphatic rings. The second-order valence-corrected chi connectivity index (χ2v) is 5.37.